The second-order valence-corrected chi connectivity index (χ2v) is 6.00. The number of aliphatic hydroxyl groups is 1. The van der Waals surface area contributed by atoms with Crippen molar-refractivity contribution in [3.8, 4) is 0 Å². The maximum absolute atomic E-state index is 12.0. The Bertz CT molecular complexity index is 398. The van der Waals surface area contributed by atoms with Gasteiger partial charge in [0, 0.05) is 12.0 Å². The molecule has 3 nitrogen and oxygen atoms in total. The highest BCUT2D eigenvalue weighted by Crippen LogP contribution is 2.22. The molecule has 3 heteroatoms. The lowest BCUT2D eigenvalue weighted by Crippen LogP contribution is -2.42. The van der Waals surface area contributed by atoms with Crippen molar-refractivity contribution >= 4 is 5.91 Å². The van der Waals surface area contributed by atoms with Gasteiger partial charge in [-0.2, -0.15) is 0 Å². The third-order valence-corrected chi connectivity index (χ3v) is 3.60. The van der Waals surface area contributed by atoms with Crippen LogP contribution in [0.25, 0.3) is 0 Å². The molecule has 0 bridgehead atoms. The van der Waals surface area contributed by atoms with Crippen LogP contribution in [0.1, 0.15) is 33.3 Å². The van der Waals surface area contributed by atoms with Crippen molar-refractivity contribution in [2.24, 2.45) is 11.8 Å². The van der Waals surface area contributed by atoms with Gasteiger partial charge in [-0.3, -0.25) is 4.79 Å². The van der Waals surface area contributed by atoms with Crippen LogP contribution in [0.5, 0.6) is 0 Å². The summed E-state index contributed by atoms with van der Waals surface area (Å²) < 4.78 is 0. The molecule has 1 atom stereocenters. The van der Waals surface area contributed by atoms with E-state index in [1.54, 1.807) is 0 Å². The summed E-state index contributed by atoms with van der Waals surface area (Å²) in [5, 5.41) is 12.2. The van der Waals surface area contributed by atoms with Crippen LogP contribution in [-0.4, -0.2) is 24.2 Å². The predicted octanol–water partition coefficient (Wildman–Crippen LogP) is 2.34. The van der Waals surface area contributed by atoms with Gasteiger partial charge in [0.15, 0.2) is 0 Å². The molecule has 0 radical (unpaired) electrons. The molecule has 19 heavy (non-hydrogen) atoms. The monoisotopic (exact) mass is 263 g/mol. The Labute approximate surface area is 116 Å². The fourth-order valence-corrected chi connectivity index (χ4v) is 2.03. The third-order valence-electron chi connectivity index (χ3n) is 3.60. The van der Waals surface area contributed by atoms with Crippen molar-refractivity contribution < 1.29 is 9.90 Å². The number of benzene rings is 1. The Morgan fingerprint density at radius 2 is 1.84 bits per heavy atom. The van der Waals surface area contributed by atoms with Crippen LogP contribution in [0.4, 0.5) is 0 Å². The van der Waals surface area contributed by atoms with Gasteiger partial charge in [-0.25, -0.2) is 0 Å². The van der Waals surface area contributed by atoms with Crippen LogP contribution >= 0.6 is 0 Å². The molecule has 1 unspecified atom stereocenters. The molecule has 1 aromatic carbocycles. The summed E-state index contributed by atoms with van der Waals surface area (Å²) in [5.41, 5.74) is 1.08. The minimum absolute atomic E-state index is 0.0680. The molecule has 0 aromatic heterocycles. The van der Waals surface area contributed by atoms with E-state index < -0.39 is 0 Å². The molecule has 106 valence electrons. The second kappa shape index (κ2) is 6.71. The van der Waals surface area contributed by atoms with Crippen molar-refractivity contribution in [3.63, 3.8) is 0 Å². The molecule has 0 fully saturated rings. The van der Waals surface area contributed by atoms with Crippen molar-refractivity contribution in [1.29, 1.82) is 0 Å². The minimum atomic E-state index is -0.327. The van der Waals surface area contributed by atoms with Gasteiger partial charge < -0.3 is 10.4 Å². The quantitative estimate of drug-likeness (QED) is 0.827. The van der Waals surface area contributed by atoms with Crippen LogP contribution in [0, 0.1) is 11.8 Å². The Morgan fingerprint density at radius 1 is 1.26 bits per heavy atom. The maximum atomic E-state index is 12.0. The number of aliphatic hydroxyl groups excluding tert-OH is 1. The van der Waals surface area contributed by atoms with Gasteiger partial charge in [0.25, 0.3) is 0 Å². The van der Waals surface area contributed by atoms with E-state index in [1.807, 2.05) is 32.0 Å². The number of carbonyl (C=O) groups is 1. The van der Waals surface area contributed by atoms with Crippen molar-refractivity contribution in [3.05, 3.63) is 35.9 Å². The molecule has 0 heterocycles. The zero-order chi connectivity index (χ0) is 14.5. The summed E-state index contributed by atoms with van der Waals surface area (Å²) in [7, 11) is 0. The molecule has 1 rings (SSSR count). The number of hydrogen-bond acceptors (Lipinski definition) is 2. The highest BCUT2D eigenvalue weighted by atomic mass is 16.3. The van der Waals surface area contributed by atoms with Crippen molar-refractivity contribution in [2.75, 3.05) is 13.2 Å². The van der Waals surface area contributed by atoms with Gasteiger partial charge in [0.2, 0.25) is 5.91 Å². The van der Waals surface area contributed by atoms with Crippen LogP contribution in [0.3, 0.4) is 0 Å². The number of rotatable bonds is 6. The Morgan fingerprint density at radius 3 is 2.32 bits per heavy atom. The number of amides is 1. The second-order valence-electron chi connectivity index (χ2n) is 6.00. The Kier molecular flexibility index (Phi) is 5.55. The average Bonchev–Trinajstić information content (AvgIpc) is 2.38. The first kappa shape index (κ1) is 15.7. The van der Waals surface area contributed by atoms with Gasteiger partial charge >= 0.3 is 0 Å². The maximum Gasteiger partial charge on any atom is 0.225 e. The molecule has 1 aromatic rings. The minimum Gasteiger partial charge on any atom is -0.396 e. The van der Waals surface area contributed by atoms with Gasteiger partial charge in [-0.15, -0.1) is 0 Å². The van der Waals surface area contributed by atoms with Gasteiger partial charge in [0.05, 0.1) is 12.5 Å². The van der Waals surface area contributed by atoms with E-state index >= 15 is 0 Å². The topological polar surface area (TPSA) is 49.3 Å². The molecule has 2 N–H and O–H groups in total. The first-order chi connectivity index (χ1) is 8.88. The van der Waals surface area contributed by atoms with E-state index in [9.17, 15) is 9.90 Å². The summed E-state index contributed by atoms with van der Waals surface area (Å²) in [4.78, 5) is 12.0. The molecule has 0 aliphatic carbocycles. The van der Waals surface area contributed by atoms with E-state index in [-0.39, 0.29) is 29.8 Å². The van der Waals surface area contributed by atoms with Crippen molar-refractivity contribution in [1.82, 2.24) is 5.32 Å². The molecule has 0 spiro atoms. The first-order valence-electron chi connectivity index (χ1n) is 6.82. The standard InChI is InChI=1S/C16H25NO2/c1-12(2)14(10-18)15(19)17-11-16(3,4)13-8-6-5-7-9-13/h5-9,12,14,18H,10-11H2,1-4H3,(H,17,19). The number of nitrogens with one attached hydrogen (secondary N) is 1. The SMILES string of the molecule is CC(C)C(CO)C(=O)NCC(C)(C)c1ccccc1. The zero-order valence-corrected chi connectivity index (χ0v) is 12.3. The lowest BCUT2D eigenvalue weighted by Gasteiger charge is -2.27. The normalized spacial score (nSPS) is 13.4. The van der Waals surface area contributed by atoms with E-state index in [0.717, 1.165) is 0 Å². The average molecular weight is 263 g/mol. The predicted molar refractivity (Wildman–Crippen MR) is 77.9 cm³/mol. The molecule has 1 amide bonds. The lowest BCUT2D eigenvalue weighted by atomic mass is 9.84. The summed E-state index contributed by atoms with van der Waals surface area (Å²) >= 11 is 0. The van der Waals surface area contributed by atoms with E-state index in [0.29, 0.717) is 6.54 Å². The highest BCUT2D eigenvalue weighted by Gasteiger charge is 2.25. The highest BCUT2D eigenvalue weighted by molar-refractivity contribution is 5.79. The van der Waals surface area contributed by atoms with Crippen LogP contribution in [-0.2, 0) is 10.2 Å². The molecule has 0 aliphatic heterocycles. The first-order valence-corrected chi connectivity index (χ1v) is 6.82. The smallest absolute Gasteiger partial charge is 0.225 e. The molecular formula is C16H25NO2. The van der Waals surface area contributed by atoms with Gasteiger partial charge in [0.1, 0.15) is 0 Å². The van der Waals surface area contributed by atoms with Crippen LogP contribution < -0.4 is 5.32 Å². The number of carbonyl (C=O) groups excluding carboxylic acids is 1. The van der Waals surface area contributed by atoms with Crippen LogP contribution in [0.15, 0.2) is 30.3 Å². The van der Waals surface area contributed by atoms with Crippen molar-refractivity contribution in [2.45, 2.75) is 33.1 Å². The van der Waals surface area contributed by atoms with Crippen LogP contribution in [0.2, 0.25) is 0 Å². The number of hydrogen-bond donors (Lipinski definition) is 2. The zero-order valence-electron chi connectivity index (χ0n) is 12.3. The molecule has 0 saturated carbocycles. The Balaban J connectivity index is 2.63. The molecule has 0 saturated heterocycles. The largest absolute Gasteiger partial charge is 0.396 e. The fraction of sp³-hybridized carbons (Fsp3) is 0.562. The summed E-state index contributed by atoms with van der Waals surface area (Å²) in [6.45, 7) is 8.57. The van der Waals surface area contributed by atoms with E-state index in [2.05, 4.69) is 31.3 Å². The van der Waals surface area contributed by atoms with E-state index in [1.165, 1.54) is 5.56 Å². The Hall–Kier alpha value is -1.35. The van der Waals surface area contributed by atoms with E-state index in [4.69, 9.17) is 0 Å². The fourth-order valence-electron chi connectivity index (χ4n) is 2.03. The van der Waals surface area contributed by atoms with Gasteiger partial charge in [-0.05, 0) is 11.5 Å². The third kappa shape index (κ3) is 4.35. The van der Waals surface area contributed by atoms with Gasteiger partial charge in [-0.1, -0.05) is 58.0 Å². The summed E-state index contributed by atoms with van der Waals surface area (Å²) in [5.74, 6) is -0.252. The lowest BCUT2D eigenvalue weighted by molar-refractivity contribution is -0.127. The summed E-state index contributed by atoms with van der Waals surface area (Å²) in [6, 6.07) is 10.1. The molecule has 0 aliphatic rings. The summed E-state index contributed by atoms with van der Waals surface area (Å²) in [6.07, 6.45) is 0. The molecular weight excluding hydrogens is 238 g/mol.